The van der Waals surface area contributed by atoms with Crippen molar-refractivity contribution in [3.8, 4) is 0 Å². The van der Waals surface area contributed by atoms with Crippen LogP contribution < -0.4 is 5.30 Å². The fourth-order valence-corrected chi connectivity index (χ4v) is 2.06. The van der Waals surface area contributed by atoms with Crippen LogP contribution in [0.25, 0.3) is 0 Å². The van der Waals surface area contributed by atoms with Crippen LogP contribution in [0.5, 0.6) is 0 Å². The van der Waals surface area contributed by atoms with Crippen LogP contribution in [-0.4, -0.2) is 17.2 Å². The molecule has 0 aliphatic heterocycles. The molecule has 13 heavy (non-hydrogen) atoms. The molecule has 0 saturated carbocycles. The molecular formula is C10H13O2P. The van der Waals surface area contributed by atoms with E-state index in [9.17, 15) is 4.79 Å². The fraction of sp³-hybridized carbons (Fsp3) is 0.300. The van der Waals surface area contributed by atoms with Crippen molar-refractivity contribution in [2.24, 2.45) is 5.92 Å². The largest absolute Gasteiger partial charge is 0.481 e. The summed E-state index contributed by atoms with van der Waals surface area (Å²) < 4.78 is 0. The second-order valence-corrected chi connectivity index (χ2v) is 4.33. The monoisotopic (exact) mass is 196 g/mol. The van der Waals surface area contributed by atoms with Crippen LogP contribution in [0.4, 0.5) is 0 Å². The van der Waals surface area contributed by atoms with Gasteiger partial charge in [-0.2, -0.15) is 0 Å². The molecule has 1 aromatic rings. The molecule has 3 heteroatoms. The molecule has 2 nitrogen and oxygen atoms in total. The molecule has 0 aliphatic rings. The summed E-state index contributed by atoms with van der Waals surface area (Å²) in [6.45, 7) is 1.75. The summed E-state index contributed by atoms with van der Waals surface area (Å²) in [7, 11) is 0.597. The minimum atomic E-state index is -0.705. The zero-order valence-corrected chi connectivity index (χ0v) is 8.53. The minimum Gasteiger partial charge on any atom is -0.481 e. The number of hydrogen-bond donors (Lipinski definition) is 1. The molecule has 0 spiro atoms. The maximum absolute atomic E-state index is 10.5. The third kappa shape index (κ3) is 3.56. The van der Waals surface area contributed by atoms with E-state index in [2.05, 4.69) is 0 Å². The molecule has 0 aliphatic carbocycles. The van der Waals surface area contributed by atoms with Crippen molar-refractivity contribution in [3.05, 3.63) is 30.3 Å². The molecule has 0 fully saturated rings. The molecule has 0 bridgehead atoms. The van der Waals surface area contributed by atoms with E-state index in [1.54, 1.807) is 6.92 Å². The highest BCUT2D eigenvalue weighted by molar-refractivity contribution is 7.47. The standard InChI is InChI=1S/C10H13O2P/c1-8(10(11)12)7-13-9-5-3-2-4-6-9/h2-6,8,13H,7H2,1H3,(H,11,12). The Morgan fingerprint density at radius 2 is 2.08 bits per heavy atom. The van der Waals surface area contributed by atoms with Crippen molar-refractivity contribution in [2.45, 2.75) is 6.92 Å². The topological polar surface area (TPSA) is 37.3 Å². The molecule has 0 radical (unpaired) electrons. The van der Waals surface area contributed by atoms with E-state index in [0.717, 1.165) is 6.16 Å². The van der Waals surface area contributed by atoms with E-state index in [-0.39, 0.29) is 5.92 Å². The molecule has 2 atom stereocenters. The van der Waals surface area contributed by atoms with Crippen LogP contribution in [0, 0.1) is 5.92 Å². The smallest absolute Gasteiger partial charge is 0.306 e. The van der Waals surface area contributed by atoms with Gasteiger partial charge < -0.3 is 5.11 Å². The van der Waals surface area contributed by atoms with Crippen LogP contribution in [0.1, 0.15) is 6.92 Å². The summed E-state index contributed by atoms with van der Waals surface area (Å²) in [4.78, 5) is 10.5. The second-order valence-electron chi connectivity index (χ2n) is 2.99. The summed E-state index contributed by atoms with van der Waals surface area (Å²) in [5.41, 5.74) is 0. The van der Waals surface area contributed by atoms with E-state index >= 15 is 0 Å². The third-order valence-electron chi connectivity index (χ3n) is 1.81. The second kappa shape index (κ2) is 4.98. The van der Waals surface area contributed by atoms with Gasteiger partial charge in [-0.05, 0) is 11.5 Å². The van der Waals surface area contributed by atoms with Gasteiger partial charge in [-0.3, -0.25) is 4.79 Å². The van der Waals surface area contributed by atoms with Gasteiger partial charge >= 0.3 is 5.97 Å². The first-order chi connectivity index (χ1) is 6.20. The van der Waals surface area contributed by atoms with E-state index in [1.807, 2.05) is 30.3 Å². The molecule has 1 rings (SSSR count). The Balaban J connectivity index is 2.39. The molecular weight excluding hydrogens is 183 g/mol. The van der Waals surface area contributed by atoms with Gasteiger partial charge in [0.05, 0.1) is 5.92 Å². The van der Waals surface area contributed by atoms with Gasteiger partial charge in [-0.25, -0.2) is 0 Å². The van der Waals surface area contributed by atoms with Gasteiger partial charge in [0.2, 0.25) is 0 Å². The van der Waals surface area contributed by atoms with Crippen molar-refractivity contribution < 1.29 is 9.90 Å². The molecule has 70 valence electrons. The first kappa shape index (κ1) is 10.2. The average Bonchev–Trinajstić information content (AvgIpc) is 2.15. The first-order valence-electron chi connectivity index (χ1n) is 4.22. The maximum atomic E-state index is 10.5. The highest BCUT2D eigenvalue weighted by atomic mass is 31.1. The molecule has 1 aromatic carbocycles. The number of hydrogen-bond acceptors (Lipinski definition) is 1. The lowest BCUT2D eigenvalue weighted by atomic mass is 10.2. The third-order valence-corrected chi connectivity index (χ3v) is 3.37. The lowest BCUT2D eigenvalue weighted by Crippen LogP contribution is -2.12. The normalized spacial score (nSPS) is 13.3. The predicted octanol–water partition coefficient (Wildman–Crippen LogP) is 1.71. The molecule has 0 aromatic heterocycles. The fourth-order valence-electron chi connectivity index (χ4n) is 0.914. The lowest BCUT2D eigenvalue weighted by molar-refractivity contribution is -0.140. The van der Waals surface area contributed by atoms with Gasteiger partial charge in [-0.1, -0.05) is 45.8 Å². The summed E-state index contributed by atoms with van der Waals surface area (Å²) in [6, 6.07) is 10.00. The maximum Gasteiger partial charge on any atom is 0.306 e. The Kier molecular flexibility index (Phi) is 3.91. The van der Waals surface area contributed by atoms with Crippen molar-refractivity contribution in [1.29, 1.82) is 0 Å². The van der Waals surface area contributed by atoms with Gasteiger partial charge in [0.1, 0.15) is 0 Å². The summed E-state index contributed by atoms with van der Waals surface area (Å²) in [5, 5.41) is 9.90. The zero-order chi connectivity index (χ0) is 9.68. The van der Waals surface area contributed by atoms with Crippen molar-refractivity contribution in [1.82, 2.24) is 0 Å². The zero-order valence-electron chi connectivity index (χ0n) is 7.53. The number of carboxylic acid groups (broad SMARTS) is 1. The Morgan fingerprint density at radius 3 is 2.62 bits per heavy atom. The van der Waals surface area contributed by atoms with E-state index < -0.39 is 5.97 Å². The number of aliphatic carboxylic acids is 1. The molecule has 0 amide bonds. The average molecular weight is 196 g/mol. The predicted molar refractivity (Wildman–Crippen MR) is 56.1 cm³/mol. The van der Waals surface area contributed by atoms with E-state index in [0.29, 0.717) is 8.58 Å². The minimum absolute atomic E-state index is 0.237. The first-order valence-corrected chi connectivity index (χ1v) is 5.42. The van der Waals surface area contributed by atoms with Gasteiger partial charge in [0.15, 0.2) is 0 Å². The van der Waals surface area contributed by atoms with Crippen LogP contribution in [0.2, 0.25) is 0 Å². The van der Waals surface area contributed by atoms with Crippen LogP contribution >= 0.6 is 8.58 Å². The highest BCUT2D eigenvalue weighted by Crippen LogP contribution is 2.14. The lowest BCUT2D eigenvalue weighted by Gasteiger charge is -2.05. The SMILES string of the molecule is CC(CPc1ccccc1)C(=O)O. The van der Waals surface area contributed by atoms with E-state index in [1.165, 1.54) is 5.30 Å². The van der Waals surface area contributed by atoms with Gasteiger partial charge in [-0.15, -0.1) is 0 Å². The Labute approximate surface area is 79.8 Å². The van der Waals surface area contributed by atoms with Crippen LogP contribution in [0.3, 0.4) is 0 Å². The van der Waals surface area contributed by atoms with E-state index in [4.69, 9.17) is 5.11 Å². The summed E-state index contributed by atoms with van der Waals surface area (Å²) in [6.07, 6.45) is 0.735. The number of rotatable bonds is 4. The van der Waals surface area contributed by atoms with Crippen molar-refractivity contribution >= 4 is 19.9 Å². The van der Waals surface area contributed by atoms with Gasteiger partial charge in [0.25, 0.3) is 0 Å². The molecule has 2 unspecified atom stereocenters. The van der Waals surface area contributed by atoms with Crippen molar-refractivity contribution in [3.63, 3.8) is 0 Å². The Hall–Kier alpha value is -0.880. The Morgan fingerprint density at radius 1 is 1.46 bits per heavy atom. The molecule has 1 N–H and O–H groups in total. The number of carboxylic acids is 1. The molecule has 0 saturated heterocycles. The number of benzene rings is 1. The van der Waals surface area contributed by atoms with Crippen molar-refractivity contribution in [2.75, 3.05) is 6.16 Å². The van der Waals surface area contributed by atoms with Gasteiger partial charge in [0, 0.05) is 0 Å². The Bertz CT molecular complexity index is 272. The molecule has 0 heterocycles. The highest BCUT2D eigenvalue weighted by Gasteiger charge is 2.09. The number of carbonyl (C=O) groups is 1. The summed E-state index contributed by atoms with van der Waals surface area (Å²) in [5.74, 6) is -0.943. The van der Waals surface area contributed by atoms with Crippen LogP contribution in [-0.2, 0) is 4.79 Å². The summed E-state index contributed by atoms with van der Waals surface area (Å²) >= 11 is 0. The van der Waals surface area contributed by atoms with Crippen LogP contribution in [0.15, 0.2) is 30.3 Å². The quantitative estimate of drug-likeness (QED) is 0.744.